The normalized spacial score (nSPS) is 16.7. The predicted octanol–water partition coefficient (Wildman–Crippen LogP) is 3.61. The Morgan fingerprint density at radius 3 is 2.11 bits per heavy atom. The topological polar surface area (TPSA) is 87.2 Å². The van der Waals surface area contributed by atoms with Gasteiger partial charge in [-0.25, -0.2) is 16.8 Å². The molecule has 2 heterocycles. The Kier molecular flexibility index (Phi) is 6.63. The van der Waals surface area contributed by atoms with Gasteiger partial charge in [-0.05, 0) is 66.6 Å². The highest BCUT2D eigenvalue weighted by Crippen LogP contribution is 2.36. The predicted molar refractivity (Wildman–Crippen MR) is 140 cm³/mol. The van der Waals surface area contributed by atoms with E-state index < -0.39 is 20.0 Å². The van der Waals surface area contributed by atoms with Crippen LogP contribution in [0, 0.1) is 0 Å². The van der Waals surface area contributed by atoms with E-state index in [-0.39, 0.29) is 16.3 Å². The number of para-hydroxylation sites is 2. The number of methoxy groups -OCH3 is 1. The van der Waals surface area contributed by atoms with Gasteiger partial charge in [-0.1, -0.05) is 23.7 Å². The molecule has 0 unspecified atom stereocenters. The lowest BCUT2D eigenvalue weighted by Gasteiger charge is -2.36. The molecule has 0 aliphatic carbocycles. The Balaban J connectivity index is 1.34. The Morgan fingerprint density at radius 2 is 1.42 bits per heavy atom. The van der Waals surface area contributed by atoms with E-state index in [4.69, 9.17) is 16.3 Å². The molecule has 0 N–H and O–H groups in total. The van der Waals surface area contributed by atoms with E-state index >= 15 is 0 Å². The summed E-state index contributed by atoms with van der Waals surface area (Å²) in [6.07, 6.45) is 0.438. The van der Waals surface area contributed by atoms with Crippen molar-refractivity contribution in [1.29, 1.82) is 0 Å². The molecule has 2 aliphatic rings. The zero-order valence-electron chi connectivity index (χ0n) is 19.7. The molecule has 190 valence electrons. The minimum atomic E-state index is -3.78. The van der Waals surface area contributed by atoms with Crippen molar-refractivity contribution in [3.8, 4) is 5.75 Å². The summed E-state index contributed by atoms with van der Waals surface area (Å²) in [5.74, 6) is 0.755. The van der Waals surface area contributed by atoms with Gasteiger partial charge >= 0.3 is 0 Å². The zero-order chi connectivity index (χ0) is 25.5. The van der Waals surface area contributed by atoms with Crippen LogP contribution in [0.15, 0.2) is 76.5 Å². The number of sulfonamides is 2. The van der Waals surface area contributed by atoms with Gasteiger partial charge in [-0.3, -0.25) is 4.31 Å². The highest BCUT2D eigenvalue weighted by molar-refractivity contribution is 7.92. The fraction of sp³-hybridized carbons (Fsp3) is 0.280. The minimum absolute atomic E-state index is 0.143. The van der Waals surface area contributed by atoms with E-state index in [0.717, 1.165) is 11.4 Å². The molecule has 0 radical (unpaired) electrons. The average molecular weight is 548 g/mol. The lowest BCUT2D eigenvalue weighted by molar-refractivity contribution is 0.378. The summed E-state index contributed by atoms with van der Waals surface area (Å²) in [7, 11) is -5.88. The number of ether oxygens (including phenoxy) is 1. The number of nitrogens with zero attached hydrogens (tertiary/aromatic N) is 3. The van der Waals surface area contributed by atoms with Crippen LogP contribution in [-0.4, -0.2) is 61.0 Å². The van der Waals surface area contributed by atoms with Crippen molar-refractivity contribution >= 4 is 43.0 Å². The fourth-order valence-electron chi connectivity index (χ4n) is 4.70. The van der Waals surface area contributed by atoms with Crippen LogP contribution in [0.3, 0.4) is 0 Å². The molecule has 1 fully saturated rings. The van der Waals surface area contributed by atoms with Gasteiger partial charge in [0.05, 0.1) is 28.3 Å². The summed E-state index contributed by atoms with van der Waals surface area (Å²) < 4.78 is 61.5. The first-order valence-corrected chi connectivity index (χ1v) is 14.8. The first-order valence-electron chi connectivity index (χ1n) is 11.5. The summed E-state index contributed by atoms with van der Waals surface area (Å²) in [4.78, 5) is 2.44. The Bertz CT molecular complexity index is 1490. The first kappa shape index (κ1) is 24.9. The number of halogens is 1. The molecule has 3 aromatic rings. The van der Waals surface area contributed by atoms with E-state index in [0.29, 0.717) is 48.9 Å². The van der Waals surface area contributed by atoms with Gasteiger partial charge < -0.3 is 9.64 Å². The van der Waals surface area contributed by atoms with Gasteiger partial charge in [0, 0.05) is 37.7 Å². The number of hydrogen-bond donors (Lipinski definition) is 0. The van der Waals surface area contributed by atoms with Crippen LogP contribution in [0.5, 0.6) is 5.75 Å². The maximum atomic E-state index is 13.4. The molecule has 1 saturated heterocycles. The van der Waals surface area contributed by atoms with E-state index in [2.05, 4.69) is 4.90 Å². The fourth-order valence-corrected chi connectivity index (χ4v) is 7.80. The van der Waals surface area contributed by atoms with E-state index in [1.807, 2.05) is 24.3 Å². The van der Waals surface area contributed by atoms with Crippen LogP contribution in [0.25, 0.3) is 0 Å². The maximum absolute atomic E-state index is 13.4. The quantitative estimate of drug-likeness (QED) is 0.468. The lowest BCUT2D eigenvalue weighted by Crippen LogP contribution is -2.48. The number of benzene rings is 3. The summed E-state index contributed by atoms with van der Waals surface area (Å²) in [6.45, 7) is 2.01. The van der Waals surface area contributed by atoms with E-state index in [9.17, 15) is 16.8 Å². The molecule has 0 spiro atoms. The molecule has 0 amide bonds. The molecule has 3 aromatic carbocycles. The maximum Gasteiger partial charge on any atom is 0.264 e. The highest BCUT2D eigenvalue weighted by atomic mass is 35.5. The largest absolute Gasteiger partial charge is 0.495 e. The molecule has 0 saturated carbocycles. The summed E-state index contributed by atoms with van der Waals surface area (Å²) in [5, 5.41) is 0.453. The number of rotatable bonds is 6. The van der Waals surface area contributed by atoms with Crippen molar-refractivity contribution in [3.63, 3.8) is 0 Å². The molecule has 0 bridgehead atoms. The molecular formula is C25H26ClN3O5S2. The standard InChI is InChI=1S/C25H26ClN3O5S2/c1-34-25-5-3-2-4-24(25)27-14-16-28(17-15-27)35(30,31)22-10-11-23-19(18-22)12-13-29(23)36(32,33)21-8-6-20(26)7-9-21/h2-11,18H,12-17H2,1H3. The van der Waals surface area contributed by atoms with Crippen molar-refractivity contribution in [2.24, 2.45) is 0 Å². The third-order valence-corrected chi connectivity index (χ3v) is 10.6. The highest BCUT2D eigenvalue weighted by Gasteiger charge is 2.34. The van der Waals surface area contributed by atoms with Gasteiger partial charge in [0.1, 0.15) is 5.75 Å². The first-order chi connectivity index (χ1) is 17.2. The summed E-state index contributed by atoms with van der Waals surface area (Å²) >= 11 is 5.90. The number of fused-ring (bicyclic) bond motifs is 1. The van der Waals surface area contributed by atoms with Gasteiger partial charge in [-0.2, -0.15) is 4.31 Å². The van der Waals surface area contributed by atoms with E-state index in [1.165, 1.54) is 38.9 Å². The Labute approximate surface area is 216 Å². The number of piperazine rings is 1. The van der Waals surface area contributed by atoms with Gasteiger partial charge in [-0.15, -0.1) is 0 Å². The van der Waals surface area contributed by atoms with Crippen LogP contribution >= 0.6 is 11.6 Å². The second kappa shape index (κ2) is 9.59. The molecule has 0 atom stereocenters. The van der Waals surface area contributed by atoms with Gasteiger partial charge in [0.15, 0.2) is 0 Å². The number of anilines is 2. The second-order valence-electron chi connectivity index (χ2n) is 8.63. The smallest absolute Gasteiger partial charge is 0.264 e. The van der Waals surface area contributed by atoms with E-state index in [1.54, 1.807) is 19.2 Å². The summed E-state index contributed by atoms with van der Waals surface area (Å²) in [5.41, 5.74) is 2.14. The van der Waals surface area contributed by atoms with Crippen LogP contribution in [0.1, 0.15) is 5.56 Å². The molecule has 36 heavy (non-hydrogen) atoms. The SMILES string of the molecule is COc1ccccc1N1CCN(S(=O)(=O)c2ccc3c(c2)CCN3S(=O)(=O)c2ccc(Cl)cc2)CC1. The zero-order valence-corrected chi connectivity index (χ0v) is 22.1. The van der Waals surface area contributed by atoms with Crippen LogP contribution in [0.4, 0.5) is 11.4 Å². The molecule has 0 aromatic heterocycles. The second-order valence-corrected chi connectivity index (χ2v) is 12.9. The lowest BCUT2D eigenvalue weighted by atomic mass is 10.2. The van der Waals surface area contributed by atoms with Crippen molar-refractivity contribution in [2.45, 2.75) is 16.2 Å². The van der Waals surface area contributed by atoms with Crippen molar-refractivity contribution in [2.75, 3.05) is 49.0 Å². The molecule has 11 heteroatoms. The molecule has 5 rings (SSSR count). The molecular weight excluding hydrogens is 522 g/mol. The summed E-state index contributed by atoms with van der Waals surface area (Å²) in [6, 6.07) is 18.4. The number of hydrogen-bond acceptors (Lipinski definition) is 6. The minimum Gasteiger partial charge on any atom is -0.495 e. The Hall–Kier alpha value is -2.79. The van der Waals surface area contributed by atoms with Crippen LogP contribution < -0.4 is 13.9 Å². The van der Waals surface area contributed by atoms with Crippen molar-refractivity contribution in [3.05, 3.63) is 77.3 Å². The van der Waals surface area contributed by atoms with Crippen LogP contribution in [-0.2, 0) is 26.5 Å². The molecule has 8 nitrogen and oxygen atoms in total. The third-order valence-electron chi connectivity index (χ3n) is 6.61. The Morgan fingerprint density at radius 1 is 0.750 bits per heavy atom. The van der Waals surface area contributed by atoms with Gasteiger partial charge in [0.2, 0.25) is 10.0 Å². The van der Waals surface area contributed by atoms with Crippen LogP contribution in [0.2, 0.25) is 5.02 Å². The monoisotopic (exact) mass is 547 g/mol. The average Bonchev–Trinajstić information content (AvgIpc) is 3.33. The third kappa shape index (κ3) is 4.43. The van der Waals surface area contributed by atoms with Crippen molar-refractivity contribution < 1.29 is 21.6 Å². The molecule has 2 aliphatic heterocycles. The van der Waals surface area contributed by atoms with Gasteiger partial charge in [0.25, 0.3) is 10.0 Å². The van der Waals surface area contributed by atoms with Crippen molar-refractivity contribution in [1.82, 2.24) is 4.31 Å².